The van der Waals surface area contributed by atoms with Crippen LogP contribution in [0.2, 0.25) is 0 Å². The van der Waals surface area contributed by atoms with Crippen molar-refractivity contribution >= 4 is 73.0 Å². The molecule has 2 amide bonds. The second-order valence-corrected chi connectivity index (χ2v) is 14.6. The van der Waals surface area contributed by atoms with Crippen LogP contribution >= 0.6 is 34.0 Å². The van der Waals surface area contributed by atoms with Gasteiger partial charge in [-0.05, 0) is 31.9 Å². The molecular formula is C29H44ClN5O5S3. The van der Waals surface area contributed by atoms with Crippen molar-refractivity contribution in [3.8, 4) is 0 Å². The van der Waals surface area contributed by atoms with E-state index in [-0.39, 0.29) is 37.0 Å². The number of nitrogens with one attached hydrogen (secondary N) is 2. The molecule has 0 spiro atoms. The highest BCUT2D eigenvalue weighted by molar-refractivity contribution is 8.78. The van der Waals surface area contributed by atoms with Crippen LogP contribution < -0.4 is 20.7 Å². The van der Waals surface area contributed by atoms with E-state index in [1.165, 1.54) is 32.1 Å². The molecule has 0 radical (unpaired) electrons. The molecule has 1 saturated carbocycles. The molecular weight excluding hydrogens is 630 g/mol. The standard InChI is InChI=1S/C29H43N5O5S3.ClH/c1-22(34(21-35)19-16-30)27(41-40-23-9-5-4-6-10-23)15-20-39-29(36)31-17-18-32-42(37,38)28-14-8-11-24-25(28)12-7-13-26(24)33(2)3;/h7-8,11-14,21,23,32H,4-6,9-10,15-20,30H2,1-3H3,(H,31,36);1H. The maximum Gasteiger partial charge on any atom is 0.407 e. The fourth-order valence-corrected chi connectivity index (χ4v) is 9.15. The number of allylic oxidation sites excluding steroid dienone is 1. The third kappa shape index (κ3) is 11.1. The first-order chi connectivity index (χ1) is 20.2. The zero-order valence-electron chi connectivity index (χ0n) is 25.0. The number of carbonyl (C=O) groups excluding carboxylic acids is 2. The summed E-state index contributed by atoms with van der Waals surface area (Å²) in [6.45, 7) is 2.85. The molecule has 1 aliphatic carbocycles. The Hall–Kier alpha value is -2.16. The summed E-state index contributed by atoms with van der Waals surface area (Å²) < 4.78 is 34.1. The molecule has 0 unspecified atom stereocenters. The van der Waals surface area contributed by atoms with Gasteiger partial charge in [-0.1, -0.05) is 65.1 Å². The number of alkyl carbamates (subject to hydrolysis) is 1. The minimum absolute atomic E-state index is 0. The molecule has 4 N–H and O–H groups in total. The predicted molar refractivity (Wildman–Crippen MR) is 181 cm³/mol. The molecule has 43 heavy (non-hydrogen) atoms. The summed E-state index contributed by atoms with van der Waals surface area (Å²) >= 11 is 0. The van der Waals surface area contributed by atoms with Crippen LogP contribution in [0.15, 0.2) is 51.9 Å². The Kier molecular flexibility index (Phi) is 16.0. The summed E-state index contributed by atoms with van der Waals surface area (Å²) in [6, 6.07) is 10.7. The molecule has 1 aliphatic rings. The Bertz CT molecular complexity index is 1340. The van der Waals surface area contributed by atoms with Crippen LogP contribution in [0.1, 0.15) is 45.4 Å². The second-order valence-electron chi connectivity index (χ2n) is 10.3. The average Bonchev–Trinajstić information content (AvgIpc) is 2.99. The van der Waals surface area contributed by atoms with Gasteiger partial charge in [0.15, 0.2) is 0 Å². The lowest BCUT2D eigenvalue weighted by Crippen LogP contribution is -2.35. The van der Waals surface area contributed by atoms with E-state index in [2.05, 4.69) is 10.0 Å². The smallest absolute Gasteiger partial charge is 0.407 e. The van der Waals surface area contributed by atoms with Gasteiger partial charge in [-0.2, -0.15) is 0 Å². The molecule has 0 heterocycles. The highest BCUT2D eigenvalue weighted by Gasteiger charge is 2.20. The van der Waals surface area contributed by atoms with Gasteiger partial charge >= 0.3 is 6.09 Å². The van der Waals surface area contributed by atoms with E-state index >= 15 is 0 Å². The number of fused-ring (bicyclic) bond motifs is 1. The van der Waals surface area contributed by atoms with Crippen molar-refractivity contribution in [3.05, 3.63) is 47.0 Å². The first kappa shape index (κ1) is 37.0. The van der Waals surface area contributed by atoms with Crippen LogP contribution in [0, 0.1) is 0 Å². The normalized spacial score (nSPS) is 14.4. The van der Waals surface area contributed by atoms with Crippen molar-refractivity contribution in [2.75, 3.05) is 51.8 Å². The van der Waals surface area contributed by atoms with Gasteiger partial charge in [-0.3, -0.25) is 4.79 Å². The van der Waals surface area contributed by atoms with Gasteiger partial charge in [0.05, 0.1) is 11.5 Å². The number of rotatable bonds is 16. The van der Waals surface area contributed by atoms with Gasteiger partial charge in [-0.25, -0.2) is 17.9 Å². The van der Waals surface area contributed by atoms with Crippen LogP contribution in [0.25, 0.3) is 10.8 Å². The van der Waals surface area contributed by atoms with Gasteiger partial charge in [0.1, 0.15) is 0 Å². The van der Waals surface area contributed by atoms with Gasteiger partial charge in [0.2, 0.25) is 16.4 Å². The van der Waals surface area contributed by atoms with Gasteiger partial charge < -0.3 is 25.6 Å². The van der Waals surface area contributed by atoms with E-state index in [4.69, 9.17) is 10.5 Å². The van der Waals surface area contributed by atoms with Crippen molar-refractivity contribution < 1.29 is 22.7 Å². The molecule has 0 bridgehead atoms. The molecule has 240 valence electrons. The molecule has 0 saturated heterocycles. The highest BCUT2D eigenvalue weighted by Crippen LogP contribution is 2.42. The summed E-state index contributed by atoms with van der Waals surface area (Å²) in [5.41, 5.74) is 7.41. The lowest BCUT2D eigenvalue weighted by atomic mass is 10.0. The molecule has 2 aromatic rings. The minimum Gasteiger partial charge on any atom is -0.449 e. The molecule has 0 aliphatic heterocycles. The summed E-state index contributed by atoms with van der Waals surface area (Å²) in [5, 5.41) is 4.64. The molecule has 14 heteroatoms. The SMILES string of the molecule is CC(=C(CCOC(=O)NCCNS(=O)(=O)c1cccc2c(N(C)C)cccc12)SSC1CCCCC1)N(C=O)CCN.Cl. The van der Waals surface area contributed by atoms with E-state index in [0.717, 1.165) is 28.1 Å². The maximum atomic E-state index is 13.1. The van der Waals surface area contributed by atoms with Crippen LogP contribution in [-0.2, 0) is 19.6 Å². The molecule has 10 nitrogen and oxygen atoms in total. The molecule has 3 rings (SSSR count). The fourth-order valence-electron chi connectivity index (χ4n) is 4.77. The Balaban J connectivity index is 0.00000645. The summed E-state index contributed by atoms with van der Waals surface area (Å²) in [7, 11) is 3.48. The van der Waals surface area contributed by atoms with Crippen molar-refractivity contribution in [1.82, 2.24) is 14.9 Å². The van der Waals surface area contributed by atoms with Crippen molar-refractivity contribution in [2.24, 2.45) is 5.73 Å². The Morgan fingerprint density at radius 3 is 2.47 bits per heavy atom. The third-order valence-corrected chi connectivity index (χ3v) is 11.8. The molecule has 0 aromatic heterocycles. The molecule has 0 atom stereocenters. The van der Waals surface area contributed by atoms with E-state index in [1.54, 1.807) is 33.9 Å². The van der Waals surface area contributed by atoms with E-state index in [0.29, 0.717) is 30.1 Å². The van der Waals surface area contributed by atoms with Crippen molar-refractivity contribution in [1.29, 1.82) is 0 Å². The Morgan fingerprint density at radius 2 is 1.79 bits per heavy atom. The fraction of sp³-hybridized carbons (Fsp3) is 0.517. The largest absolute Gasteiger partial charge is 0.449 e. The number of hydrogen-bond acceptors (Lipinski definition) is 9. The number of amides is 2. The zero-order chi connectivity index (χ0) is 30.5. The van der Waals surface area contributed by atoms with E-state index in [1.807, 2.05) is 54.9 Å². The quantitative estimate of drug-likeness (QED) is 0.127. The van der Waals surface area contributed by atoms with Gasteiger partial charge in [-0.15, -0.1) is 12.4 Å². The first-order valence-electron chi connectivity index (χ1n) is 14.2. The number of nitrogens with two attached hydrogens (primary N) is 1. The third-order valence-electron chi connectivity index (χ3n) is 7.05. The van der Waals surface area contributed by atoms with Crippen LogP contribution in [0.4, 0.5) is 10.5 Å². The van der Waals surface area contributed by atoms with Crippen LogP contribution in [0.3, 0.4) is 0 Å². The minimum atomic E-state index is -3.81. The summed E-state index contributed by atoms with van der Waals surface area (Å²) in [5.74, 6) is 0. The number of sulfonamides is 1. The molecule has 2 aromatic carbocycles. The number of anilines is 1. The van der Waals surface area contributed by atoms with Crippen LogP contribution in [-0.4, -0.2) is 78.0 Å². The number of hydrogen-bond donors (Lipinski definition) is 3. The topological polar surface area (TPSA) is 134 Å². The Labute approximate surface area is 269 Å². The molecule has 1 fully saturated rings. The van der Waals surface area contributed by atoms with E-state index in [9.17, 15) is 18.0 Å². The number of carbonyl (C=O) groups is 2. The lowest BCUT2D eigenvalue weighted by Gasteiger charge is -2.24. The highest BCUT2D eigenvalue weighted by atomic mass is 35.5. The zero-order valence-corrected chi connectivity index (χ0v) is 28.3. The predicted octanol–water partition coefficient (Wildman–Crippen LogP) is 5.08. The maximum absolute atomic E-state index is 13.1. The van der Waals surface area contributed by atoms with Gasteiger partial charge in [0, 0.05) is 79.0 Å². The van der Waals surface area contributed by atoms with E-state index < -0.39 is 16.1 Å². The summed E-state index contributed by atoms with van der Waals surface area (Å²) in [4.78, 5) is 28.6. The average molecular weight is 674 g/mol. The number of halogens is 1. The number of nitrogens with zero attached hydrogens (tertiary/aromatic N) is 2. The van der Waals surface area contributed by atoms with Crippen LogP contribution in [0.5, 0.6) is 0 Å². The lowest BCUT2D eigenvalue weighted by molar-refractivity contribution is -0.116. The number of benzene rings is 2. The first-order valence-corrected chi connectivity index (χ1v) is 17.9. The van der Waals surface area contributed by atoms with Gasteiger partial charge in [0.25, 0.3) is 0 Å². The monoisotopic (exact) mass is 673 g/mol. The van der Waals surface area contributed by atoms with Crippen molar-refractivity contribution in [3.63, 3.8) is 0 Å². The Morgan fingerprint density at radius 1 is 1.09 bits per heavy atom. The number of ether oxygens (including phenoxy) is 1. The second kappa shape index (κ2) is 18.6. The summed E-state index contributed by atoms with van der Waals surface area (Å²) in [6.07, 6.45) is 6.74. The van der Waals surface area contributed by atoms with Crippen molar-refractivity contribution in [2.45, 2.75) is 55.6 Å².